The quantitative estimate of drug-likeness (QED) is 0.837. The molecule has 0 aliphatic carbocycles. The third-order valence-corrected chi connectivity index (χ3v) is 3.04. The van der Waals surface area contributed by atoms with E-state index < -0.39 is 0 Å². The van der Waals surface area contributed by atoms with Gasteiger partial charge in [-0.2, -0.15) is 0 Å². The van der Waals surface area contributed by atoms with Gasteiger partial charge in [0, 0.05) is 6.54 Å². The van der Waals surface area contributed by atoms with E-state index in [-0.39, 0.29) is 0 Å². The van der Waals surface area contributed by atoms with E-state index in [4.69, 9.17) is 4.74 Å². The molecule has 0 aliphatic heterocycles. The average molecular weight is 255 g/mol. The Labute approximate surface area is 115 Å². The maximum Gasteiger partial charge on any atom is 0.127 e. The maximum absolute atomic E-state index is 5.86. The molecule has 0 heterocycles. The number of rotatable bonds is 6. The normalized spacial score (nSPS) is 10.4. The summed E-state index contributed by atoms with van der Waals surface area (Å²) in [6.07, 6.45) is 1.03. The van der Waals surface area contributed by atoms with Crippen molar-refractivity contribution in [2.24, 2.45) is 0 Å². The summed E-state index contributed by atoms with van der Waals surface area (Å²) in [4.78, 5) is 0. The summed E-state index contributed by atoms with van der Waals surface area (Å²) < 4.78 is 5.86. The molecule has 0 spiro atoms. The lowest BCUT2D eigenvalue weighted by Crippen LogP contribution is -2.11. The zero-order valence-corrected chi connectivity index (χ0v) is 11.6. The van der Waals surface area contributed by atoms with Crippen molar-refractivity contribution in [3.05, 3.63) is 59.7 Å². The minimum Gasteiger partial charge on any atom is -0.457 e. The smallest absolute Gasteiger partial charge is 0.127 e. The Morgan fingerprint density at radius 2 is 1.68 bits per heavy atom. The fraction of sp³-hybridized carbons (Fsp3) is 0.294. The molecule has 0 aromatic heterocycles. The van der Waals surface area contributed by atoms with Crippen molar-refractivity contribution in [3.63, 3.8) is 0 Å². The molecule has 0 fully saturated rings. The minimum absolute atomic E-state index is 0.883. The summed E-state index contributed by atoms with van der Waals surface area (Å²) in [7, 11) is 0. The number of hydrogen-bond donors (Lipinski definition) is 1. The molecule has 2 aromatic rings. The molecular formula is C17H21NO. The highest BCUT2D eigenvalue weighted by Crippen LogP contribution is 2.22. The first-order valence-electron chi connectivity index (χ1n) is 6.88. The van der Waals surface area contributed by atoms with Gasteiger partial charge >= 0.3 is 0 Å². The predicted octanol–water partition coefficient (Wildman–Crippen LogP) is 4.15. The third kappa shape index (κ3) is 4.11. The van der Waals surface area contributed by atoms with Crippen LogP contribution >= 0.6 is 0 Å². The van der Waals surface area contributed by atoms with Gasteiger partial charge in [0.1, 0.15) is 11.5 Å². The Balaban J connectivity index is 2.02. The highest BCUT2D eigenvalue weighted by molar-refractivity contribution is 5.35. The summed E-state index contributed by atoms with van der Waals surface area (Å²) in [6, 6.07) is 16.5. The van der Waals surface area contributed by atoms with Crippen LogP contribution in [0.4, 0.5) is 0 Å². The Morgan fingerprint density at radius 1 is 0.895 bits per heavy atom. The zero-order chi connectivity index (χ0) is 13.5. The van der Waals surface area contributed by atoms with Crippen LogP contribution in [0.2, 0.25) is 0 Å². The summed E-state index contributed by atoms with van der Waals surface area (Å²) >= 11 is 0. The summed E-state index contributed by atoms with van der Waals surface area (Å²) in [5.41, 5.74) is 2.57. The molecule has 0 saturated carbocycles. The predicted molar refractivity (Wildman–Crippen MR) is 79.7 cm³/mol. The SMILES string of the molecule is CCNCc1ccc(Oc2cccc(CC)c2)cc1. The van der Waals surface area contributed by atoms with Crippen LogP contribution in [0.15, 0.2) is 48.5 Å². The van der Waals surface area contributed by atoms with Crippen LogP contribution in [0.25, 0.3) is 0 Å². The lowest BCUT2D eigenvalue weighted by atomic mass is 10.1. The summed E-state index contributed by atoms with van der Waals surface area (Å²) in [6.45, 7) is 6.15. The first-order chi connectivity index (χ1) is 9.31. The molecule has 100 valence electrons. The molecule has 0 atom stereocenters. The summed E-state index contributed by atoms with van der Waals surface area (Å²) in [5.74, 6) is 1.78. The van der Waals surface area contributed by atoms with Crippen LogP contribution in [0, 0.1) is 0 Å². The second kappa shape index (κ2) is 6.95. The molecule has 2 aromatic carbocycles. The number of benzene rings is 2. The number of aryl methyl sites for hydroxylation is 1. The fourth-order valence-electron chi connectivity index (χ4n) is 1.91. The number of hydrogen-bond acceptors (Lipinski definition) is 2. The standard InChI is InChI=1S/C17H21NO/c1-3-14-6-5-7-17(12-14)19-16-10-8-15(9-11-16)13-18-4-2/h5-12,18H,3-4,13H2,1-2H3. The van der Waals surface area contributed by atoms with Crippen molar-refractivity contribution < 1.29 is 4.74 Å². The van der Waals surface area contributed by atoms with Gasteiger partial charge in [0.05, 0.1) is 0 Å². The van der Waals surface area contributed by atoms with Crippen LogP contribution in [0.5, 0.6) is 11.5 Å². The van der Waals surface area contributed by atoms with Crippen molar-refractivity contribution >= 4 is 0 Å². The topological polar surface area (TPSA) is 21.3 Å². The summed E-state index contributed by atoms with van der Waals surface area (Å²) in [5, 5.41) is 3.31. The Kier molecular flexibility index (Phi) is 4.99. The van der Waals surface area contributed by atoms with E-state index in [0.717, 1.165) is 31.0 Å². The highest BCUT2D eigenvalue weighted by atomic mass is 16.5. The van der Waals surface area contributed by atoms with Crippen LogP contribution in [-0.2, 0) is 13.0 Å². The van der Waals surface area contributed by atoms with Crippen molar-refractivity contribution in [1.82, 2.24) is 5.32 Å². The van der Waals surface area contributed by atoms with E-state index in [2.05, 4.69) is 43.4 Å². The van der Waals surface area contributed by atoms with Gasteiger partial charge in [-0.25, -0.2) is 0 Å². The fourth-order valence-corrected chi connectivity index (χ4v) is 1.91. The zero-order valence-electron chi connectivity index (χ0n) is 11.6. The molecular weight excluding hydrogens is 234 g/mol. The van der Waals surface area contributed by atoms with Crippen molar-refractivity contribution in [2.45, 2.75) is 26.8 Å². The molecule has 0 saturated heterocycles. The Morgan fingerprint density at radius 3 is 2.37 bits per heavy atom. The average Bonchev–Trinajstić information content (AvgIpc) is 2.47. The Hall–Kier alpha value is -1.80. The second-order valence-electron chi connectivity index (χ2n) is 4.53. The maximum atomic E-state index is 5.86. The van der Waals surface area contributed by atoms with Gasteiger partial charge in [-0.05, 0) is 48.4 Å². The van der Waals surface area contributed by atoms with Crippen molar-refractivity contribution in [1.29, 1.82) is 0 Å². The van der Waals surface area contributed by atoms with Crippen LogP contribution in [-0.4, -0.2) is 6.54 Å². The molecule has 2 rings (SSSR count). The van der Waals surface area contributed by atoms with Gasteiger partial charge in [0.25, 0.3) is 0 Å². The van der Waals surface area contributed by atoms with Crippen LogP contribution in [0.1, 0.15) is 25.0 Å². The van der Waals surface area contributed by atoms with E-state index in [1.165, 1.54) is 11.1 Å². The highest BCUT2D eigenvalue weighted by Gasteiger charge is 1.99. The van der Waals surface area contributed by atoms with E-state index >= 15 is 0 Å². The van der Waals surface area contributed by atoms with Crippen molar-refractivity contribution in [2.75, 3.05) is 6.54 Å². The molecule has 0 radical (unpaired) electrons. The van der Waals surface area contributed by atoms with Gasteiger partial charge in [-0.1, -0.05) is 38.1 Å². The third-order valence-electron chi connectivity index (χ3n) is 3.04. The molecule has 1 N–H and O–H groups in total. The van der Waals surface area contributed by atoms with E-state index in [9.17, 15) is 0 Å². The van der Waals surface area contributed by atoms with E-state index in [0.29, 0.717) is 0 Å². The van der Waals surface area contributed by atoms with Crippen LogP contribution in [0.3, 0.4) is 0 Å². The van der Waals surface area contributed by atoms with Gasteiger partial charge < -0.3 is 10.1 Å². The molecule has 19 heavy (non-hydrogen) atoms. The monoisotopic (exact) mass is 255 g/mol. The largest absolute Gasteiger partial charge is 0.457 e. The van der Waals surface area contributed by atoms with Gasteiger partial charge in [0.15, 0.2) is 0 Å². The minimum atomic E-state index is 0.883. The molecule has 2 heteroatoms. The van der Waals surface area contributed by atoms with E-state index in [1.54, 1.807) is 0 Å². The molecule has 2 nitrogen and oxygen atoms in total. The van der Waals surface area contributed by atoms with Gasteiger partial charge in [0.2, 0.25) is 0 Å². The molecule has 0 amide bonds. The lowest BCUT2D eigenvalue weighted by Gasteiger charge is -2.08. The molecule has 0 bridgehead atoms. The number of ether oxygens (including phenoxy) is 1. The second-order valence-corrected chi connectivity index (χ2v) is 4.53. The van der Waals surface area contributed by atoms with E-state index in [1.807, 2.05) is 24.3 Å². The first-order valence-corrected chi connectivity index (χ1v) is 6.88. The first kappa shape index (κ1) is 13.6. The van der Waals surface area contributed by atoms with Crippen molar-refractivity contribution in [3.8, 4) is 11.5 Å². The van der Waals surface area contributed by atoms with Gasteiger partial charge in [-0.3, -0.25) is 0 Å². The van der Waals surface area contributed by atoms with Gasteiger partial charge in [-0.15, -0.1) is 0 Å². The molecule has 0 unspecified atom stereocenters. The molecule has 0 aliphatic rings. The Bertz CT molecular complexity index is 505. The number of nitrogens with one attached hydrogen (secondary N) is 1. The van der Waals surface area contributed by atoms with Crippen LogP contribution < -0.4 is 10.1 Å². The lowest BCUT2D eigenvalue weighted by molar-refractivity contribution is 0.481.